The first-order valence-electron chi connectivity index (χ1n) is 3.46. The summed E-state index contributed by atoms with van der Waals surface area (Å²) in [6.07, 6.45) is 1.36. The molecular formula is C5H10NPS3. The first-order valence-corrected chi connectivity index (χ1v) is 9.39. The van der Waals surface area contributed by atoms with Gasteiger partial charge in [-0.1, -0.05) is 34.6 Å². The van der Waals surface area contributed by atoms with Crippen molar-refractivity contribution < 1.29 is 0 Å². The smallest absolute Gasteiger partial charge is 0.120 e. The summed E-state index contributed by atoms with van der Waals surface area (Å²) in [4.78, 5) is 0. The summed E-state index contributed by atoms with van der Waals surface area (Å²) in [5.41, 5.74) is 0. The van der Waals surface area contributed by atoms with E-state index >= 15 is 0 Å². The van der Waals surface area contributed by atoms with E-state index in [1.54, 1.807) is 0 Å². The van der Waals surface area contributed by atoms with Gasteiger partial charge in [-0.2, -0.15) is 0 Å². The highest BCUT2D eigenvalue weighted by atomic mass is 33.2. The Labute approximate surface area is 74.9 Å². The molecule has 2 aliphatic heterocycles. The zero-order valence-electron chi connectivity index (χ0n) is 5.65. The quantitative estimate of drug-likeness (QED) is 0.483. The predicted octanol–water partition coefficient (Wildman–Crippen LogP) is 2.40. The van der Waals surface area contributed by atoms with Crippen molar-refractivity contribution in [2.45, 2.75) is 6.42 Å². The summed E-state index contributed by atoms with van der Waals surface area (Å²) in [6, 6.07) is 0. The van der Waals surface area contributed by atoms with Gasteiger partial charge in [0.15, 0.2) is 0 Å². The maximum Gasteiger partial charge on any atom is 0.120 e. The third-order valence-corrected chi connectivity index (χ3v) is 13.2. The topological polar surface area (TPSA) is 3.01 Å². The Kier molecular flexibility index (Phi) is 2.37. The van der Waals surface area contributed by atoms with Gasteiger partial charge in [-0.15, -0.1) is 0 Å². The van der Waals surface area contributed by atoms with Crippen molar-refractivity contribution in [3.05, 3.63) is 0 Å². The van der Waals surface area contributed by atoms with Gasteiger partial charge in [-0.3, -0.25) is 4.67 Å². The maximum absolute atomic E-state index is 5.60. The van der Waals surface area contributed by atoms with Crippen LogP contribution in [0.2, 0.25) is 0 Å². The molecule has 2 rings (SSSR count). The highest BCUT2D eigenvalue weighted by Gasteiger charge is 2.36. The van der Waals surface area contributed by atoms with E-state index in [2.05, 4.69) is 27.4 Å². The van der Waals surface area contributed by atoms with Crippen LogP contribution < -0.4 is 0 Å². The summed E-state index contributed by atoms with van der Waals surface area (Å²) in [5, 5.41) is 0. The largest absolute Gasteiger partial charge is 0.257 e. The molecular weight excluding hydrogens is 201 g/mol. The lowest BCUT2D eigenvalue weighted by molar-refractivity contribution is 0.945. The lowest BCUT2D eigenvalue weighted by Crippen LogP contribution is -1.96. The van der Waals surface area contributed by atoms with Gasteiger partial charge < -0.3 is 0 Å². The molecule has 0 spiro atoms. The Bertz CT molecular complexity index is 170. The molecule has 0 saturated carbocycles. The molecule has 2 fully saturated rings. The van der Waals surface area contributed by atoms with Gasteiger partial charge in [0.1, 0.15) is 4.59 Å². The second kappa shape index (κ2) is 2.98. The van der Waals surface area contributed by atoms with Crippen LogP contribution in [-0.2, 0) is 11.8 Å². The van der Waals surface area contributed by atoms with Gasteiger partial charge in [-0.25, -0.2) is 0 Å². The first kappa shape index (κ1) is 7.93. The van der Waals surface area contributed by atoms with Crippen molar-refractivity contribution in [2.24, 2.45) is 0 Å². The number of hydrogen-bond donors (Lipinski definition) is 0. The van der Waals surface area contributed by atoms with Gasteiger partial charge in [0.05, 0.1) is 0 Å². The summed E-state index contributed by atoms with van der Waals surface area (Å²) in [6.45, 7) is 2.55. The van der Waals surface area contributed by atoms with E-state index in [1.807, 2.05) is 0 Å². The van der Waals surface area contributed by atoms with E-state index in [9.17, 15) is 0 Å². The monoisotopic (exact) mass is 211 g/mol. The molecule has 0 bridgehead atoms. The van der Waals surface area contributed by atoms with Crippen molar-refractivity contribution in [1.29, 1.82) is 0 Å². The molecule has 2 aliphatic rings. The fraction of sp³-hybridized carbons (Fsp3) is 1.00. The van der Waals surface area contributed by atoms with Crippen molar-refractivity contribution >= 4 is 39.2 Å². The number of nitrogens with zero attached hydrogens (tertiary/aromatic N) is 1. The van der Waals surface area contributed by atoms with E-state index < -0.39 is 4.59 Å². The van der Waals surface area contributed by atoms with Crippen LogP contribution in [0.25, 0.3) is 0 Å². The molecule has 5 heteroatoms. The molecule has 0 atom stereocenters. The molecule has 10 heavy (non-hydrogen) atoms. The van der Waals surface area contributed by atoms with Crippen LogP contribution in [0.15, 0.2) is 0 Å². The minimum atomic E-state index is -1.07. The lowest BCUT2D eigenvalue weighted by Gasteiger charge is -2.25. The van der Waals surface area contributed by atoms with Crippen molar-refractivity contribution in [2.75, 3.05) is 24.6 Å². The molecule has 1 nitrogen and oxygen atoms in total. The van der Waals surface area contributed by atoms with E-state index in [0.29, 0.717) is 0 Å². The average molecular weight is 211 g/mol. The van der Waals surface area contributed by atoms with Gasteiger partial charge >= 0.3 is 0 Å². The fourth-order valence-electron chi connectivity index (χ4n) is 0.909. The van der Waals surface area contributed by atoms with Crippen LogP contribution >= 0.6 is 27.4 Å². The summed E-state index contributed by atoms with van der Waals surface area (Å²) in [7, 11) is 0. The second-order valence-corrected chi connectivity index (χ2v) is 13.7. The minimum absolute atomic E-state index is 1.07. The van der Waals surface area contributed by atoms with Crippen LogP contribution in [0.4, 0.5) is 0 Å². The highest BCUT2D eigenvalue weighted by Crippen LogP contribution is 2.75. The third kappa shape index (κ3) is 1.56. The SMILES string of the molecule is S=P1(N2CC2)SCCCS1. The van der Waals surface area contributed by atoms with Crippen LogP contribution in [0.3, 0.4) is 0 Å². The van der Waals surface area contributed by atoms with Crippen molar-refractivity contribution in [3.63, 3.8) is 0 Å². The lowest BCUT2D eigenvalue weighted by atomic mass is 10.6. The van der Waals surface area contributed by atoms with Crippen LogP contribution in [0, 0.1) is 0 Å². The highest BCUT2D eigenvalue weighted by molar-refractivity contribution is 9.00. The normalized spacial score (nSPS) is 32.0. The number of hydrogen-bond acceptors (Lipinski definition) is 3. The van der Waals surface area contributed by atoms with E-state index in [4.69, 9.17) is 11.8 Å². The van der Waals surface area contributed by atoms with Gasteiger partial charge in [0.2, 0.25) is 0 Å². The average Bonchev–Trinajstić information content (AvgIpc) is 2.69. The van der Waals surface area contributed by atoms with Gasteiger partial charge in [-0.05, 0) is 6.42 Å². The molecule has 0 aromatic rings. The molecule has 2 heterocycles. The molecule has 0 aromatic carbocycles. The molecule has 2 saturated heterocycles. The Balaban J connectivity index is 2.04. The van der Waals surface area contributed by atoms with E-state index in [1.165, 1.54) is 31.0 Å². The first-order chi connectivity index (χ1) is 4.81. The standard InChI is InChI=1S/C5H10NPS3/c8-7(6-2-3-6)9-4-1-5-10-7/h1-5H2. The van der Waals surface area contributed by atoms with E-state index in [0.717, 1.165) is 0 Å². The van der Waals surface area contributed by atoms with Crippen molar-refractivity contribution in [1.82, 2.24) is 4.67 Å². The Morgan fingerprint density at radius 3 is 2.30 bits per heavy atom. The van der Waals surface area contributed by atoms with E-state index in [-0.39, 0.29) is 0 Å². The molecule has 58 valence electrons. The van der Waals surface area contributed by atoms with Crippen LogP contribution in [-0.4, -0.2) is 29.3 Å². The summed E-state index contributed by atoms with van der Waals surface area (Å²) >= 11 is 9.70. The second-order valence-electron chi connectivity index (χ2n) is 2.44. The molecule has 0 unspecified atom stereocenters. The molecule has 0 N–H and O–H groups in total. The van der Waals surface area contributed by atoms with Crippen LogP contribution in [0.5, 0.6) is 0 Å². The Hall–Kier alpha value is 1.31. The molecule has 0 aliphatic carbocycles. The minimum Gasteiger partial charge on any atom is -0.257 e. The van der Waals surface area contributed by atoms with Gasteiger partial charge in [0.25, 0.3) is 0 Å². The maximum atomic E-state index is 5.60. The zero-order valence-corrected chi connectivity index (χ0v) is 9.00. The van der Waals surface area contributed by atoms with Gasteiger partial charge in [0, 0.05) is 24.6 Å². The Morgan fingerprint density at radius 2 is 1.80 bits per heavy atom. The predicted molar refractivity (Wildman–Crippen MR) is 55.4 cm³/mol. The third-order valence-electron chi connectivity index (χ3n) is 1.57. The molecule has 0 radical (unpaired) electrons. The Morgan fingerprint density at radius 1 is 1.20 bits per heavy atom. The fourth-order valence-corrected chi connectivity index (χ4v) is 11.3. The van der Waals surface area contributed by atoms with Crippen LogP contribution in [0.1, 0.15) is 6.42 Å². The molecule has 0 aromatic heterocycles. The molecule has 0 amide bonds. The summed E-state index contributed by atoms with van der Waals surface area (Å²) < 4.78 is 1.41. The summed E-state index contributed by atoms with van der Waals surface area (Å²) in [5.74, 6) is 2.61. The number of rotatable bonds is 1. The van der Waals surface area contributed by atoms with Crippen molar-refractivity contribution in [3.8, 4) is 0 Å². The zero-order chi connectivity index (χ0) is 7.03.